The molecule has 1 aromatic heterocycles. The molecule has 2 heterocycles. The molecule has 0 bridgehead atoms. The highest BCUT2D eigenvalue weighted by Crippen LogP contribution is 2.21. The second-order valence-corrected chi connectivity index (χ2v) is 4.83. The van der Waals surface area contributed by atoms with Crippen LogP contribution in [0.5, 0.6) is 5.88 Å². The third-order valence-corrected chi connectivity index (χ3v) is 3.44. The first-order chi connectivity index (χ1) is 8.11. The first-order valence-corrected chi connectivity index (χ1v) is 6.10. The molecule has 1 aromatic rings. The molecule has 1 N–H and O–H groups in total. The van der Waals surface area contributed by atoms with Crippen LogP contribution in [-0.2, 0) is 13.6 Å². The van der Waals surface area contributed by atoms with Crippen molar-refractivity contribution in [1.82, 2.24) is 20.0 Å². The van der Waals surface area contributed by atoms with Crippen molar-refractivity contribution in [1.29, 1.82) is 0 Å². The summed E-state index contributed by atoms with van der Waals surface area (Å²) in [4.78, 5) is 2.35. The van der Waals surface area contributed by atoms with E-state index in [0.29, 0.717) is 6.04 Å². The van der Waals surface area contributed by atoms with Crippen molar-refractivity contribution in [3.63, 3.8) is 0 Å². The Bertz CT molecular complexity index is 388. The predicted octanol–water partition coefficient (Wildman–Crippen LogP) is 0.531. The number of hydrogen-bond acceptors (Lipinski definition) is 4. The van der Waals surface area contributed by atoms with Crippen LogP contribution in [0.3, 0.4) is 0 Å². The van der Waals surface area contributed by atoms with E-state index in [1.165, 1.54) is 18.5 Å². The summed E-state index contributed by atoms with van der Waals surface area (Å²) in [5, 5.41) is 7.97. The number of nitrogens with zero attached hydrogens (tertiary/aromatic N) is 3. The normalized spacial score (nSPS) is 21.1. The van der Waals surface area contributed by atoms with Crippen molar-refractivity contribution in [2.45, 2.75) is 25.9 Å². The van der Waals surface area contributed by atoms with E-state index in [-0.39, 0.29) is 0 Å². The van der Waals surface area contributed by atoms with Crippen molar-refractivity contribution in [2.24, 2.45) is 7.05 Å². The molecule has 0 spiro atoms. The number of hydrogen-bond donors (Lipinski definition) is 1. The fourth-order valence-electron chi connectivity index (χ4n) is 2.49. The van der Waals surface area contributed by atoms with Gasteiger partial charge in [-0.1, -0.05) is 0 Å². The fraction of sp³-hybridized carbons (Fsp3) is 0.750. The van der Waals surface area contributed by atoms with Gasteiger partial charge in [-0.3, -0.25) is 0 Å². The van der Waals surface area contributed by atoms with Crippen LogP contribution in [0.4, 0.5) is 0 Å². The van der Waals surface area contributed by atoms with Gasteiger partial charge in [0.1, 0.15) is 0 Å². The smallest absolute Gasteiger partial charge is 0.216 e. The van der Waals surface area contributed by atoms with Crippen molar-refractivity contribution in [3.8, 4) is 5.88 Å². The molecule has 1 saturated heterocycles. The Morgan fingerprint density at radius 3 is 2.82 bits per heavy atom. The van der Waals surface area contributed by atoms with Gasteiger partial charge >= 0.3 is 0 Å². The Hall–Kier alpha value is -1.07. The van der Waals surface area contributed by atoms with Crippen molar-refractivity contribution in [2.75, 3.05) is 27.2 Å². The maximum atomic E-state index is 5.38. The average Bonchev–Trinajstić information content (AvgIpc) is 2.80. The average molecular weight is 238 g/mol. The molecule has 17 heavy (non-hydrogen) atoms. The quantitative estimate of drug-likeness (QED) is 0.831. The second-order valence-electron chi connectivity index (χ2n) is 4.83. The van der Waals surface area contributed by atoms with Crippen molar-refractivity contribution in [3.05, 3.63) is 11.3 Å². The molecular formula is C12H22N4O. The van der Waals surface area contributed by atoms with Crippen molar-refractivity contribution >= 4 is 0 Å². The Kier molecular flexibility index (Phi) is 3.69. The highest BCUT2D eigenvalue weighted by atomic mass is 16.5. The largest absolute Gasteiger partial charge is 0.481 e. The zero-order valence-electron chi connectivity index (χ0n) is 11.2. The highest BCUT2D eigenvalue weighted by molar-refractivity contribution is 5.30. The number of likely N-dealkylation sites (N-methyl/N-ethyl adjacent to an activating group) is 1. The van der Waals surface area contributed by atoms with Crippen LogP contribution < -0.4 is 10.1 Å². The van der Waals surface area contributed by atoms with E-state index in [1.54, 1.807) is 11.8 Å². The summed E-state index contributed by atoms with van der Waals surface area (Å²) >= 11 is 0. The van der Waals surface area contributed by atoms with E-state index >= 15 is 0 Å². The third-order valence-electron chi connectivity index (χ3n) is 3.44. The van der Waals surface area contributed by atoms with Gasteiger partial charge in [0.2, 0.25) is 5.88 Å². The molecule has 0 aliphatic carbocycles. The number of rotatable bonds is 4. The minimum absolute atomic E-state index is 0.587. The van der Waals surface area contributed by atoms with Crippen LogP contribution in [0, 0.1) is 6.92 Å². The third kappa shape index (κ3) is 2.61. The molecule has 5 heteroatoms. The number of likely N-dealkylation sites (tertiary alicyclic amines) is 1. The molecule has 0 amide bonds. The summed E-state index contributed by atoms with van der Waals surface area (Å²) in [5.74, 6) is 0.862. The summed E-state index contributed by atoms with van der Waals surface area (Å²) < 4.78 is 7.18. The summed E-state index contributed by atoms with van der Waals surface area (Å²) in [5.41, 5.74) is 2.22. The Balaban J connectivity index is 1.99. The number of aryl methyl sites for hydroxylation is 2. The van der Waals surface area contributed by atoms with Gasteiger partial charge in [0.25, 0.3) is 0 Å². The van der Waals surface area contributed by atoms with E-state index in [2.05, 4.69) is 22.4 Å². The number of ether oxygens (including phenoxy) is 1. The van der Waals surface area contributed by atoms with Gasteiger partial charge in [-0.15, -0.1) is 0 Å². The molecule has 1 fully saturated rings. The molecule has 96 valence electrons. The van der Waals surface area contributed by atoms with E-state index in [1.807, 2.05) is 14.0 Å². The lowest BCUT2D eigenvalue weighted by atomic mass is 10.2. The minimum Gasteiger partial charge on any atom is -0.481 e. The monoisotopic (exact) mass is 238 g/mol. The zero-order valence-corrected chi connectivity index (χ0v) is 11.2. The van der Waals surface area contributed by atoms with Gasteiger partial charge < -0.3 is 15.0 Å². The van der Waals surface area contributed by atoms with Gasteiger partial charge in [0.05, 0.1) is 18.4 Å². The molecule has 0 aromatic carbocycles. The van der Waals surface area contributed by atoms with E-state index in [0.717, 1.165) is 24.7 Å². The van der Waals surface area contributed by atoms with Crippen LogP contribution in [-0.4, -0.2) is 48.0 Å². The number of methoxy groups -OCH3 is 1. The fourth-order valence-corrected chi connectivity index (χ4v) is 2.49. The molecule has 0 saturated carbocycles. The van der Waals surface area contributed by atoms with Crippen LogP contribution in [0.2, 0.25) is 0 Å². The molecular weight excluding hydrogens is 216 g/mol. The van der Waals surface area contributed by atoms with E-state index in [9.17, 15) is 0 Å². The lowest BCUT2D eigenvalue weighted by molar-refractivity contribution is 0.365. The van der Waals surface area contributed by atoms with Crippen LogP contribution in [0.25, 0.3) is 0 Å². The molecule has 1 unspecified atom stereocenters. The van der Waals surface area contributed by atoms with Gasteiger partial charge in [-0.25, -0.2) is 4.68 Å². The maximum Gasteiger partial charge on any atom is 0.216 e. The molecule has 2 rings (SSSR count). The SMILES string of the molecule is COc1c(CNC2CCN(C)C2)c(C)nn1C. The number of aromatic nitrogens is 2. The first kappa shape index (κ1) is 12.4. The lowest BCUT2D eigenvalue weighted by Gasteiger charge is -2.13. The van der Waals surface area contributed by atoms with Crippen LogP contribution >= 0.6 is 0 Å². The molecule has 5 nitrogen and oxygen atoms in total. The molecule has 1 atom stereocenters. The van der Waals surface area contributed by atoms with Gasteiger partial charge in [0, 0.05) is 26.2 Å². The predicted molar refractivity (Wildman–Crippen MR) is 67.2 cm³/mol. The van der Waals surface area contributed by atoms with Gasteiger partial charge in [0.15, 0.2) is 0 Å². The van der Waals surface area contributed by atoms with Crippen molar-refractivity contribution < 1.29 is 4.74 Å². The standard InChI is InChI=1S/C12H22N4O/c1-9-11(12(17-4)16(3)14-9)7-13-10-5-6-15(2)8-10/h10,13H,5-8H2,1-4H3. The zero-order chi connectivity index (χ0) is 12.4. The second kappa shape index (κ2) is 5.06. The summed E-state index contributed by atoms with van der Waals surface area (Å²) in [7, 11) is 5.78. The maximum absolute atomic E-state index is 5.38. The van der Waals surface area contributed by atoms with Gasteiger partial charge in [-0.05, 0) is 26.9 Å². The molecule has 1 aliphatic heterocycles. The minimum atomic E-state index is 0.587. The molecule has 0 radical (unpaired) electrons. The summed E-state index contributed by atoms with van der Waals surface area (Å²) in [6, 6.07) is 0.587. The topological polar surface area (TPSA) is 42.3 Å². The first-order valence-electron chi connectivity index (χ1n) is 6.10. The number of nitrogens with one attached hydrogen (secondary N) is 1. The Morgan fingerprint density at radius 1 is 1.47 bits per heavy atom. The van der Waals surface area contributed by atoms with E-state index in [4.69, 9.17) is 4.74 Å². The Morgan fingerprint density at radius 2 is 2.24 bits per heavy atom. The highest BCUT2D eigenvalue weighted by Gasteiger charge is 2.20. The lowest BCUT2D eigenvalue weighted by Crippen LogP contribution is -2.31. The van der Waals surface area contributed by atoms with E-state index < -0.39 is 0 Å². The Labute approximate surface area is 103 Å². The van der Waals surface area contributed by atoms with Gasteiger partial charge in [-0.2, -0.15) is 5.10 Å². The van der Waals surface area contributed by atoms with Crippen LogP contribution in [0.1, 0.15) is 17.7 Å². The summed E-state index contributed by atoms with van der Waals surface area (Å²) in [6.45, 7) is 5.17. The van der Waals surface area contributed by atoms with Crippen LogP contribution in [0.15, 0.2) is 0 Å². The summed E-state index contributed by atoms with van der Waals surface area (Å²) in [6.07, 6.45) is 1.22. The molecule has 1 aliphatic rings.